The topological polar surface area (TPSA) is 74.5 Å². The lowest BCUT2D eigenvalue weighted by Gasteiger charge is -2.13. The molecule has 1 aromatic carbocycles. The van der Waals surface area contributed by atoms with Gasteiger partial charge in [0.2, 0.25) is 5.91 Å². The summed E-state index contributed by atoms with van der Waals surface area (Å²) in [6, 6.07) is 4.06. The largest absolute Gasteiger partial charge is 0.464 e. The van der Waals surface area contributed by atoms with Gasteiger partial charge in [-0.3, -0.25) is 4.79 Å². The molecule has 0 spiro atoms. The van der Waals surface area contributed by atoms with Gasteiger partial charge >= 0.3 is 0 Å². The van der Waals surface area contributed by atoms with Gasteiger partial charge in [0.05, 0.1) is 18.8 Å². The van der Waals surface area contributed by atoms with E-state index in [0.29, 0.717) is 19.5 Å². The van der Waals surface area contributed by atoms with Crippen LogP contribution in [0.5, 0.6) is 0 Å². The highest BCUT2D eigenvalue weighted by molar-refractivity contribution is 5.89. The average Bonchev–Trinajstić information content (AvgIpc) is 3.08. The van der Waals surface area contributed by atoms with Crippen molar-refractivity contribution >= 4 is 16.9 Å². The number of hydrogen-bond acceptors (Lipinski definition) is 4. The van der Waals surface area contributed by atoms with Crippen LogP contribution in [0.4, 0.5) is 0 Å². The molecule has 1 amide bonds. The Morgan fingerprint density at radius 2 is 2.23 bits per heavy atom. The zero-order chi connectivity index (χ0) is 15.7. The minimum Gasteiger partial charge on any atom is -0.464 e. The lowest BCUT2D eigenvalue weighted by molar-refractivity contribution is -0.120. The first-order valence-electron chi connectivity index (χ1n) is 7.68. The van der Waals surface area contributed by atoms with Crippen molar-refractivity contribution < 1.29 is 14.3 Å². The van der Waals surface area contributed by atoms with Gasteiger partial charge in [0.25, 0.3) is 0 Å². The maximum atomic E-state index is 12.1. The second-order valence-electron chi connectivity index (χ2n) is 6.11. The molecule has 22 heavy (non-hydrogen) atoms. The molecule has 5 heteroatoms. The normalized spacial score (nSPS) is 21.4. The summed E-state index contributed by atoms with van der Waals surface area (Å²) in [5.41, 5.74) is 4.06. The Kier molecular flexibility index (Phi) is 4.18. The second-order valence-corrected chi connectivity index (χ2v) is 6.11. The van der Waals surface area contributed by atoms with E-state index in [4.69, 9.17) is 4.42 Å². The number of hydrogen-bond donors (Lipinski definition) is 3. The van der Waals surface area contributed by atoms with Crippen molar-refractivity contribution in [3.05, 3.63) is 35.1 Å². The first-order chi connectivity index (χ1) is 10.6. The minimum atomic E-state index is -0.374. The summed E-state index contributed by atoms with van der Waals surface area (Å²) in [5, 5.41) is 16.7. The van der Waals surface area contributed by atoms with E-state index in [9.17, 15) is 9.90 Å². The standard InChI is InChI=1S/C17H22N2O3/c1-10-3-4-14-12(9-22-17(14)11(10)2)5-16(21)19-7-13-6-18-8-15(13)20/h3-4,9,13,15,18,20H,5-8H2,1-2H3,(H,19,21). The fraction of sp³-hybridized carbons (Fsp3) is 0.471. The number of aliphatic hydroxyl groups excluding tert-OH is 1. The van der Waals surface area contributed by atoms with Gasteiger partial charge in [0, 0.05) is 36.5 Å². The number of aryl methyl sites for hydroxylation is 2. The molecule has 1 saturated heterocycles. The number of rotatable bonds is 4. The molecule has 5 nitrogen and oxygen atoms in total. The van der Waals surface area contributed by atoms with Crippen LogP contribution in [0.3, 0.4) is 0 Å². The summed E-state index contributed by atoms with van der Waals surface area (Å²) in [6.45, 7) is 5.92. The molecule has 0 bridgehead atoms. The fourth-order valence-corrected chi connectivity index (χ4v) is 2.93. The fourth-order valence-electron chi connectivity index (χ4n) is 2.93. The van der Waals surface area contributed by atoms with Crippen molar-refractivity contribution in [2.75, 3.05) is 19.6 Å². The predicted octanol–water partition coefficient (Wildman–Crippen LogP) is 1.29. The molecule has 1 aliphatic heterocycles. The van der Waals surface area contributed by atoms with Crippen LogP contribution in [-0.4, -0.2) is 36.8 Å². The third kappa shape index (κ3) is 2.87. The second kappa shape index (κ2) is 6.10. The Hall–Kier alpha value is -1.85. The molecule has 1 aromatic heterocycles. The molecule has 0 saturated carbocycles. The van der Waals surface area contributed by atoms with Gasteiger partial charge < -0.3 is 20.2 Å². The number of aliphatic hydroxyl groups is 1. The average molecular weight is 302 g/mol. The minimum absolute atomic E-state index is 0.0416. The van der Waals surface area contributed by atoms with Crippen LogP contribution in [0.1, 0.15) is 16.7 Å². The molecule has 3 rings (SSSR count). The van der Waals surface area contributed by atoms with Crippen LogP contribution in [0.2, 0.25) is 0 Å². The third-order valence-electron chi connectivity index (χ3n) is 4.56. The van der Waals surface area contributed by atoms with Gasteiger partial charge in [-0.25, -0.2) is 0 Å². The van der Waals surface area contributed by atoms with E-state index in [1.54, 1.807) is 6.26 Å². The highest BCUT2D eigenvalue weighted by atomic mass is 16.3. The van der Waals surface area contributed by atoms with E-state index in [1.807, 2.05) is 19.9 Å². The molecular weight excluding hydrogens is 280 g/mol. The summed E-state index contributed by atoms with van der Waals surface area (Å²) in [4.78, 5) is 12.1. The molecule has 0 radical (unpaired) electrons. The Morgan fingerprint density at radius 3 is 2.95 bits per heavy atom. The maximum absolute atomic E-state index is 12.1. The summed E-state index contributed by atoms with van der Waals surface area (Å²) in [7, 11) is 0. The zero-order valence-corrected chi connectivity index (χ0v) is 13.0. The van der Waals surface area contributed by atoms with Gasteiger partial charge in [0.15, 0.2) is 0 Å². The molecular formula is C17H22N2O3. The smallest absolute Gasteiger partial charge is 0.224 e. The van der Waals surface area contributed by atoms with E-state index in [-0.39, 0.29) is 17.9 Å². The van der Waals surface area contributed by atoms with Gasteiger partial charge in [-0.1, -0.05) is 12.1 Å². The monoisotopic (exact) mass is 302 g/mol. The van der Waals surface area contributed by atoms with Gasteiger partial charge in [-0.15, -0.1) is 0 Å². The summed E-state index contributed by atoms with van der Waals surface area (Å²) < 4.78 is 5.63. The first-order valence-corrected chi connectivity index (χ1v) is 7.68. The van der Waals surface area contributed by atoms with E-state index >= 15 is 0 Å². The Bertz CT molecular complexity index is 693. The molecule has 2 heterocycles. The number of benzene rings is 1. The van der Waals surface area contributed by atoms with E-state index in [1.165, 1.54) is 5.56 Å². The molecule has 2 atom stereocenters. The SMILES string of the molecule is Cc1ccc2c(CC(=O)NCC3CNCC3O)coc2c1C. The van der Waals surface area contributed by atoms with Crippen molar-refractivity contribution in [3.63, 3.8) is 0 Å². The number of β-amino-alcohol motifs (C(OH)–C–C–N with tert-alkyl or cyclic N) is 1. The Labute approximate surface area is 129 Å². The molecule has 1 aliphatic rings. The lowest BCUT2D eigenvalue weighted by atomic mass is 10.0. The molecule has 118 valence electrons. The van der Waals surface area contributed by atoms with Gasteiger partial charge in [0.1, 0.15) is 5.58 Å². The van der Waals surface area contributed by atoms with E-state index in [0.717, 1.165) is 28.6 Å². The van der Waals surface area contributed by atoms with Crippen LogP contribution < -0.4 is 10.6 Å². The summed E-state index contributed by atoms with van der Waals surface area (Å²) >= 11 is 0. The highest BCUT2D eigenvalue weighted by Crippen LogP contribution is 2.26. The van der Waals surface area contributed by atoms with Crippen molar-refractivity contribution in [2.45, 2.75) is 26.4 Å². The van der Waals surface area contributed by atoms with Crippen molar-refractivity contribution in [1.82, 2.24) is 10.6 Å². The number of fused-ring (bicyclic) bond motifs is 1. The first kappa shape index (κ1) is 15.1. The van der Waals surface area contributed by atoms with Crippen LogP contribution in [-0.2, 0) is 11.2 Å². The molecule has 2 unspecified atom stereocenters. The van der Waals surface area contributed by atoms with Gasteiger partial charge in [-0.05, 0) is 25.0 Å². The molecule has 3 N–H and O–H groups in total. The quantitative estimate of drug-likeness (QED) is 0.795. The van der Waals surface area contributed by atoms with Crippen LogP contribution in [0.25, 0.3) is 11.0 Å². The van der Waals surface area contributed by atoms with Crippen LogP contribution in [0.15, 0.2) is 22.8 Å². The molecule has 1 fully saturated rings. The Balaban J connectivity index is 1.65. The number of nitrogens with one attached hydrogen (secondary N) is 2. The molecule has 2 aromatic rings. The summed E-state index contributed by atoms with van der Waals surface area (Å²) in [5.74, 6) is 0.0509. The summed E-state index contributed by atoms with van der Waals surface area (Å²) in [6.07, 6.45) is 1.59. The number of furan rings is 1. The number of amides is 1. The molecule has 0 aliphatic carbocycles. The maximum Gasteiger partial charge on any atom is 0.224 e. The number of carbonyl (C=O) groups is 1. The van der Waals surface area contributed by atoms with Crippen molar-refractivity contribution in [3.8, 4) is 0 Å². The number of carbonyl (C=O) groups excluding carboxylic acids is 1. The van der Waals surface area contributed by atoms with E-state index in [2.05, 4.69) is 16.7 Å². The highest BCUT2D eigenvalue weighted by Gasteiger charge is 2.25. The van der Waals surface area contributed by atoms with Crippen LogP contribution >= 0.6 is 0 Å². The Morgan fingerprint density at radius 1 is 1.41 bits per heavy atom. The van der Waals surface area contributed by atoms with Gasteiger partial charge in [-0.2, -0.15) is 0 Å². The van der Waals surface area contributed by atoms with Crippen molar-refractivity contribution in [1.29, 1.82) is 0 Å². The van der Waals surface area contributed by atoms with E-state index < -0.39 is 0 Å². The predicted molar refractivity (Wildman–Crippen MR) is 84.8 cm³/mol. The van der Waals surface area contributed by atoms with Crippen LogP contribution in [0, 0.1) is 19.8 Å². The van der Waals surface area contributed by atoms with Crippen molar-refractivity contribution in [2.24, 2.45) is 5.92 Å². The lowest BCUT2D eigenvalue weighted by Crippen LogP contribution is -2.35. The zero-order valence-electron chi connectivity index (χ0n) is 13.0. The third-order valence-corrected chi connectivity index (χ3v) is 4.56.